The van der Waals surface area contributed by atoms with E-state index in [0.717, 1.165) is 16.2 Å². The van der Waals surface area contributed by atoms with Crippen LogP contribution in [0, 0.1) is 0 Å². The van der Waals surface area contributed by atoms with Crippen molar-refractivity contribution in [3.05, 3.63) is 71.3 Å². The number of hydrogen-bond acceptors (Lipinski definition) is 4. The van der Waals surface area contributed by atoms with Crippen LogP contribution in [0.1, 0.15) is 60.6 Å². The minimum atomic E-state index is -0.415. The van der Waals surface area contributed by atoms with Crippen molar-refractivity contribution in [1.29, 1.82) is 0 Å². The van der Waals surface area contributed by atoms with E-state index >= 15 is 0 Å². The van der Waals surface area contributed by atoms with Crippen LogP contribution in [-0.4, -0.2) is 28.8 Å². The van der Waals surface area contributed by atoms with Crippen LogP contribution in [0.4, 0.5) is 0 Å². The van der Waals surface area contributed by atoms with E-state index < -0.39 is 6.04 Å². The summed E-state index contributed by atoms with van der Waals surface area (Å²) in [6, 6.07) is 16.0. The highest BCUT2D eigenvalue weighted by atomic mass is 16.5. The second-order valence-corrected chi connectivity index (χ2v) is 6.27. The number of carbonyl (C=O) groups excluding carboxylic acids is 2. The summed E-state index contributed by atoms with van der Waals surface area (Å²) in [5.41, 5.74) is 2.28. The van der Waals surface area contributed by atoms with E-state index in [0.29, 0.717) is 12.2 Å². The molecule has 0 aliphatic rings. The Kier molecular flexibility index (Phi) is 6.92. The van der Waals surface area contributed by atoms with Crippen LogP contribution in [0.5, 0.6) is 0 Å². The van der Waals surface area contributed by atoms with Crippen LogP contribution in [0.25, 0.3) is 0 Å². The molecule has 0 bridgehead atoms. The predicted octanol–water partition coefficient (Wildman–Crippen LogP) is 4.34. The SMILES string of the molecule is CCOC(=O)c1ccc([C@@H](C)CC(=O)N(O)C(C)c2ccccc2)cc1. The average molecular weight is 355 g/mol. The minimum absolute atomic E-state index is 0.0867. The van der Waals surface area contributed by atoms with Crippen LogP contribution in [-0.2, 0) is 9.53 Å². The molecule has 5 nitrogen and oxygen atoms in total. The number of amides is 1. The Balaban J connectivity index is 1.98. The molecule has 138 valence electrons. The van der Waals surface area contributed by atoms with Crippen molar-refractivity contribution < 1.29 is 19.5 Å². The smallest absolute Gasteiger partial charge is 0.338 e. The molecule has 1 N–H and O–H groups in total. The molecule has 0 radical (unpaired) electrons. The molecule has 0 spiro atoms. The van der Waals surface area contributed by atoms with Crippen molar-refractivity contribution in [3.8, 4) is 0 Å². The summed E-state index contributed by atoms with van der Waals surface area (Å²) < 4.78 is 4.96. The van der Waals surface area contributed by atoms with Gasteiger partial charge >= 0.3 is 5.97 Å². The minimum Gasteiger partial charge on any atom is -0.462 e. The predicted molar refractivity (Wildman–Crippen MR) is 98.9 cm³/mol. The molecule has 2 aromatic carbocycles. The largest absolute Gasteiger partial charge is 0.462 e. The fraction of sp³-hybridized carbons (Fsp3) is 0.333. The van der Waals surface area contributed by atoms with Crippen molar-refractivity contribution in [2.45, 2.75) is 39.2 Å². The number of esters is 1. The van der Waals surface area contributed by atoms with E-state index in [2.05, 4.69) is 0 Å². The lowest BCUT2D eigenvalue weighted by atomic mass is 9.96. The second-order valence-electron chi connectivity index (χ2n) is 6.27. The van der Waals surface area contributed by atoms with E-state index in [4.69, 9.17) is 4.74 Å². The summed E-state index contributed by atoms with van der Waals surface area (Å²) in [6.45, 7) is 5.79. The molecule has 1 unspecified atom stereocenters. The number of hydrogen-bond donors (Lipinski definition) is 1. The topological polar surface area (TPSA) is 66.8 Å². The van der Waals surface area contributed by atoms with E-state index in [-0.39, 0.29) is 24.2 Å². The number of benzene rings is 2. The molecule has 2 rings (SSSR count). The van der Waals surface area contributed by atoms with Crippen molar-refractivity contribution in [2.24, 2.45) is 0 Å². The zero-order chi connectivity index (χ0) is 19.1. The van der Waals surface area contributed by atoms with E-state index in [1.165, 1.54) is 0 Å². The van der Waals surface area contributed by atoms with Gasteiger partial charge in [-0.05, 0) is 43.0 Å². The highest BCUT2D eigenvalue weighted by molar-refractivity contribution is 5.89. The van der Waals surface area contributed by atoms with Gasteiger partial charge in [-0.25, -0.2) is 9.86 Å². The van der Waals surface area contributed by atoms with Gasteiger partial charge in [-0.15, -0.1) is 0 Å². The average Bonchev–Trinajstić information content (AvgIpc) is 2.67. The third-order valence-corrected chi connectivity index (χ3v) is 4.38. The van der Waals surface area contributed by atoms with Crippen molar-refractivity contribution >= 4 is 11.9 Å². The van der Waals surface area contributed by atoms with E-state index in [1.54, 1.807) is 26.0 Å². The third-order valence-electron chi connectivity index (χ3n) is 4.38. The number of carbonyl (C=O) groups is 2. The first-order valence-corrected chi connectivity index (χ1v) is 8.77. The number of rotatable bonds is 7. The molecule has 0 aromatic heterocycles. The lowest BCUT2D eigenvalue weighted by molar-refractivity contribution is -0.175. The van der Waals surface area contributed by atoms with Crippen molar-refractivity contribution in [3.63, 3.8) is 0 Å². The Morgan fingerprint density at radius 1 is 1.00 bits per heavy atom. The van der Waals surface area contributed by atoms with Gasteiger partial charge in [0.05, 0.1) is 18.2 Å². The maximum absolute atomic E-state index is 12.4. The van der Waals surface area contributed by atoms with Gasteiger partial charge in [-0.2, -0.15) is 0 Å². The Morgan fingerprint density at radius 3 is 2.19 bits per heavy atom. The quantitative estimate of drug-likeness (QED) is 0.456. The molecule has 0 heterocycles. The van der Waals surface area contributed by atoms with E-state index in [9.17, 15) is 14.8 Å². The first-order chi connectivity index (χ1) is 12.4. The maximum atomic E-state index is 12.4. The number of ether oxygens (including phenoxy) is 1. The Hall–Kier alpha value is -2.66. The Labute approximate surface area is 154 Å². The van der Waals surface area contributed by atoms with Gasteiger partial charge in [-0.1, -0.05) is 49.4 Å². The second kappa shape index (κ2) is 9.15. The molecule has 0 aliphatic heterocycles. The van der Waals surface area contributed by atoms with Crippen LogP contribution in [0.15, 0.2) is 54.6 Å². The van der Waals surface area contributed by atoms with Gasteiger partial charge in [-0.3, -0.25) is 10.0 Å². The fourth-order valence-electron chi connectivity index (χ4n) is 2.72. The fourth-order valence-corrected chi connectivity index (χ4v) is 2.72. The van der Waals surface area contributed by atoms with Gasteiger partial charge < -0.3 is 4.74 Å². The van der Waals surface area contributed by atoms with Gasteiger partial charge in [0.25, 0.3) is 0 Å². The summed E-state index contributed by atoms with van der Waals surface area (Å²) in [6.07, 6.45) is 0.173. The standard InChI is InChI=1S/C21H25NO4/c1-4-26-21(24)19-12-10-17(11-13-19)15(2)14-20(23)22(25)16(3)18-8-6-5-7-9-18/h5-13,15-16,25H,4,14H2,1-3H3/t15-,16?/m0/s1. The zero-order valence-corrected chi connectivity index (χ0v) is 15.4. The van der Waals surface area contributed by atoms with Crippen LogP contribution in [0.3, 0.4) is 0 Å². The molecule has 0 saturated heterocycles. The number of hydroxylamine groups is 2. The molecule has 0 fully saturated rings. The van der Waals surface area contributed by atoms with Gasteiger partial charge in [0.1, 0.15) is 0 Å². The molecule has 5 heteroatoms. The zero-order valence-electron chi connectivity index (χ0n) is 15.4. The van der Waals surface area contributed by atoms with Crippen LogP contribution >= 0.6 is 0 Å². The van der Waals surface area contributed by atoms with Crippen LogP contribution < -0.4 is 0 Å². The first-order valence-electron chi connectivity index (χ1n) is 8.77. The molecule has 0 aliphatic carbocycles. The molecule has 2 aromatic rings. The van der Waals surface area contributed by atoms with Gasteiger partial charge in [0.15, 0.2) is 0 Å². The summed E-state index contributed by atoms with van der Waals surface area (Å²) in [5, 5.41) is 11.0. The maximum Gasteiger partial charge on any atom is 0.338 e. The highest BCUT2D eigenvalue weighted by Crippen LogP contribution is 2.24. The summed E-state index contributed by atoms with van der Waals surface area (Å²) >= 11 is 0. The van der Waals surface area contributed by atoms with Gasteiger partial charge in [0.2, 0.25) is 5.91 Å². The first kappa shape index (κ1) is 19.7. The van der Waals surface area contributed by atoms with Crippen molar-refractivity contribution in [1.82, 2.24) is 5.06 Å². The molecule has 1 amide bonds. The summed E-state index contributed by atoms with van der Waals surface area (Å²) in [4.78, 5) is 24.1. The third kappa shape index (κ3) is 4.92. The lowest BCUT2D eigenvalue weighted by Gasteiger charge is -2.24. The normalized spacial score (nSPS) is 12.9. The van der Waals surface area contributed by atoms with Crippen molar-refractivity contribution in [2.75, 3.05) is 6.61 Å². The summed E-state index contributed by atoms with van der Waals surface area (Å²) in [7, 11) is 0. The summed E-state index contributed by atoms with van der Waals surface area (Å²) in [5.74, 6) is -0.791. The molecule has 0 saturated carbocycles. The van der Waals surface area contributed by atoms with Crippen LogP contribution in [0.2, 0.25) is 0 Å². The molecule has 2 atom stereocenters. The monoisotopic (exact) mass is 355 g/mol. The van der Waals surface area contributed by atoms with Gasteiger partial charge in [0, 0.05) is 6.42 Å². The highest BCUT2D eigenvalue weighted by Gasteiger charge is 2.22. The Bertz CT molecular complexity index is 727. The molecular formula is C21H25NO4. The number of nitrogens with zero attached hydrogens (tertiary/aromatic N) is 1. The van der Waals surface area contributed by atoms with E-state index in [1.807, 2.05) is 49.4 Å². The molecule has 26 heavy (non-hydrogen) atoms. The Morgan fingerprint density at radius 2 is 1.62 bits per heavy atom. The molecular weight excluding hydrogens is 330 g/mol. The lowest BCUT2D eigenvalue weighted by Crippen LogP contribution is -2.31.